The van der Waals surface area contributed by atoms with E-state index in [1.165, 1.54) is 18.3 Å². The van der Waals surface area contributed by atoms with Crippen LogP contribution in [0.4, 0.5) is 18.9 Å². The molecule has 0 atom stereocenters. The van der Waals surface area contributed by atoms with E-state index in [0.29, 0.717) is 23.4 Å². The molecule has 1 N–H and O–H groups in total. The van der Waals surface area contributed by atoms with Crippen LogP contribution in [0.3, 0.4) is 0 Å². The van der Waals surface area contributed by atoms with Gasteiger partial charge in [0.05, 0.1) is 17.4 Å². The van der Waals surface area contributed by atoms with Crippen LogP contribution >= 0.6 is 0 Å². The van der Waals surface area contributed by atoms with Crippen molar-refractivity contribution in [1.82, 2.24) is 9.55 Å². The van der Waals surface area contributed by atoms with E-state index in [-0.39, 0.29) is 5.91 Å². The molecule has 2 aromatic heterocycles. The van der Waals surface area contributed by atoms with E-state index in [4.69, 9.17) is 0 Å². The molecule has 0 aliphatic rings. The normalized spacial score (nSPS) is 11.5. The zero-order chi connectivity index (χ0) is 18.9. The van der Waals surface area contributed by atoms with Crippen molar-refractivity contribution in [2.75, 3.05) is 5.32 Å². The maximum Gasteiger partial charge on any atom is 0.416 e. The van der Waals surface area contributed by atoms with Crippen molar-refractivity contribution in [3.8, 4) is 11.1 Å². The molecule has 0 saturated carbocycles. The second kappa shape index (κ2) is 6.67. The third kappa shape index (κ3) is 3.33. The van der Waals surface area contributed by atoms with E-state index in [1.54, 1.807) is 6.07 Å². The van der Waals surface area contributed by atoms with Gasteiger partial charge in [-0.15, -0.1) is 0 Å². The van der Waals surface area contributed by atoms with Gasteiger partial charge < -0.3 is 9.88 Å². The molecule has 1 aromatic carbocycles. The number of carbonyl (C=O) groups excluding carboxylic acids is 1. The first kappa shape index (κ1) is 17.7. The van der Waals surface area contributed by atoms with Gasteiger partial charge in [-0.2, -0.15) is 13.2 Å². The molecule has 134 valence electrons. The minimum Gasteiger partial charge on any atom is -0.332 e. The van der Waals surface area contributed by atoms with Crippen LogP contribution in [0, 0.1) is 0 Å². The summed E-state index contributed by atoms with van der Waals surface area (Å²) in [6.07, 6.45) is 0.156. The van der Waals surface area contributed by atoms with E-state index >= 15 is 0 Å². The van der Waals surface area contributed by atoms with Crippen LogP contribution in [0.5, 0.6) is 0 Å². The first-order chi connectivity index (χ1) is 12.3. The summed E-state index contributed by atoms with van der Waals surface area (Å²) in [6.45, 7) is 6.01. The smallest absolute Gasteiger partial charge is 0.332 e. The van der Waals surface area contributed by atoms with Crippen LogP contribution in [0.25, 0.3) is 22.2 Å². The van der Waals surface area contributed by atoms with Crippen LogP contribution in [0.15, 0.2) is 55.4 Å². The lowest BCUT2D eigenvalue weighted by Crippen LogP contribution is -2.07. The van der Waals surface area contributed by atoms with Crippen molar-refractivity contribution in [3.63, 3.8) is 0 Å². The van der Waals surface area contributed by atoms with Gasteiger partial charge in [0.2, 0.25) is 5.91 Å². The molecule has 26 heavy (non-hydrogen) atoms. The topological polar surface area (TPSA) is 46.9 Å². The first-order valence-electron chi connectivity index (χ1n) is 7.93. The van der Waals surface area contributed by atoms with E-state index in [2.05, 4.69) is 16.9 Å². The number of nitrogens with one attached hydrogen (secondary N) is 1. The molecular weight excluding hydrogens is 343 g/mol. The highest BCUT2D eigenvalue weighted by molar-refractivity contribution is 6.01. The lowest BCUT2D eigenvalue weighted by atomic mass is 10.0. The van der Waals surface area contributed by atoms with Crippen molar-refractivity contribution in [2.24, 2.45) is 0 Å². The highest BCUT2D eigenvalue weighted by Crippen LogP contribution is 2.34. The number of carbonyl (C=O) groups is 1. The predicted molar refractivity (Wildman–Crippen MR) is 94.7 cm³/mol. The van der Waals surface area contributed by atoms with E-state index in [0.717, 1.165) is 29.2 Å². The summed E-state index contributed by atoms with van der Waals surface area (Å²) in [4.78, 5) is 15.9. The van der Waals surface area contributed by atoms with Gasteiger partial charge in [-0.1, -0.05) is 18.7 Å². The highest BCUT2D eigenvalue weighted by Gasteiger charge is 2.30. The van der Waals surface area contributed by atoms with E-state index in [1.807, 2.05) is 17.7 Å². The molecule has 0 radical (unpaired) electrons. The first-order valence-corrected chi connectivity index (χ1v) is 7.93. The summed E-state index contributed by atoms with van der Waals surface area (Å²) in [7, 11) is 0. The summed E-state index contributed by atoms with van der Waals surface area (Å²) in [6, 6.07) is 6.74. The van der Waals surface area contributed by atoms with Gasteiger partial charge in [-0.05, 0) is 36.8 Å². The summed E-state index contributed by atoms with van der Waals surface area (Å²) >= 11 is 0. The Balaban J connectivity index is 2.10. The minimum atomic E-state index is -4.38. The predicted octanol–water partition coefficient (Wildman–Crippen LogP) is 4.87. The van der Waals surface area contributed by atoms with Gasteiger partial charge in [-0.25, -0.2) is 4.98 Å². The maximum atomic E-state index is 12.8. The second-order valence-electron chi connectivity index (χ2n) is 5.69. The Kier molecular flexibility index (Phi) is 4.54. The average Bonchev–Trinajstić information content (AvgIpc) is 2.99. The molecular formula is C19H16F3N3O. The molecule has 1 amide bonds. The van der Waals surface area contributed by atoms with Gasteiger partial charge in [0, 0.05) is 23.7 Å². The summed E-state index contributed by atoms with van der Waals surface area (Å²) < 4.78 is 40.2. The molecule has 0 aliphatic heterocycles. The summed E-state index contributed by atoms with van der Waals surface area (Å²) in [5.41, 5.74) is 1.88. The van der Waals surface area contributed by atoms with Crippen LogP contribution < -0.4 is 5.32 Å². The molecule has 4 nitrogen and oxygen atoms in total. The lowest BCUT2D eigenvalue weighted by Gasteiger charge is -2.07. The molecule has 0 bridgehead atoms. The molecule has 0 saturated heterocycles. The van der Waals surface area contributed by atoms with Crippen LogP contribution in [-0.4, -0.2) is 15.5 Å². The van der Waals surface area contributed by atoms with Crippen molar-refractivity contribution < 1.29 is 18.0 Å². The number of nitrogens with zero attached hydrogens (tertiary/aromatic N) is 2. The van der Waals surface area contributed by atoms with E-state index < -0.39 is 11.7 Å². The molecule has 3 aromatic rings. The average molecular weight is 359 g/mol. The third-order valence-electron chi connectivity index (χ3n) is 4.03. The Hall–Kier alpha value is -3.09. The third-order valence-corrected chi connectivity index (χ3v) is 4.03. The zero-order valence-electron chi connectivity index (χ0n) is 14.0. The number of benzene rings is 1. The fourth-order valence-corrected chi connectivity index (χ4v) is 2.74. The zero-order valence-corrected chi connectivity index (χ0v) is 14.0. The van der Waals surface area contributed by atoms with Gasteiger partial charge in [0.1, 0.15) is 5.65 Å². The molecule has 2 heterocycles. The number of fused-ring (bicyclic) bond motifs is 1. The maximum absolute atomic E-state index is 12.8. The van der Waals surface area contributed by atoms with Crippen molar-refractivity contribution in [1.29, 1.82) is 0 Å². The van der Waals surface area contributed by atoms with Crippen molar-refractivity contribution >= 4 is 22.6 Å². The molecule has 0 unspecified atom stereocenters. The Morgan fingerprint density at radius 3 is 2.58 bits per heavy atom. The Labute approximate surface area is 148 Å². The van der Waals surface area contributed by atoms with E-state index in [9.17, 15) is 18.0 Å². The summed E-state index contributed by atoms with van der Waals surface area (Å²) in [5, 5.41) is 3.39. The molecule has 0 fully saturated rings. The van der Waals surface area contributed by atoms with Crippen molar-refractivity contribution in [3.05, 3.63) is 60.9 Å². The number of rotatable bonds is 4. The fourth-order valence-electron chi connectivity index (χ4n) is 2.74. The lowest BCUT2D eigenvalue weighted by molar-refractivity contribution is -0.137. The molecule has 7 heteroatoms. The van der Waals surface area contributed by atoms with Crippen molar-refractivity contribution in [2.45, 2.75) is 19.6 Å². The standard InChI is InChI=1S/C19H16F3N3O/c1-3-17(26)24-14-9-15-16(11-25(4-2)18(15)23-10-14)12-5-7-13(8-6-12)19(20,21)22/h3,5-11H,1,4H2,2H3,(H,24,26). The number of amides is 1. The van der Waals surface area contributed by atoms with Gasteiger partial charge in [0.25, 0.3) is 0 Å². The Morgan fingerprint density at radius 1 is 1.31 bits per heavy atom. The van der Waals surface area contributed by atoms with Crippen LogP contribution in [-0.2, 0) is 17.5 Å². The Morgan fingerprint density at radius 2 is 2.00 bits per heavy atom. The number of hydrogen-bond acceptors (Lipinski definition) is 2. The SMILES string of the molecule is C=CC(=O)Nc1cnc2c(c1)c(-c1ccc(C(F)(F)F)cc1)cn2CC. The number of pyridine rings is 1. The number of alkyl halides is 3. The number of anilines is 1. The highest BCUT2D eigenvalue weighted by atomic mass is 19.4. The van der Waals surface area contributed by atoms with Gasteiger partial charge in [-0.3, -0.25) is 4.79 Å². The van der Waals surface area contributed by atoms with Crippen LogP contribution in [0.1, 0.15) is 12.5 Å². The quantitative estimate of drug-likeness (QED) is 0.676. The summed E-state index contributed by atoms with van der Waals surface area (Å²) in [5.74, 6) is -0.364. The minimum absolute atomic E-state index is 0.364. The Bertz CT molecular complexity index is 972. The largest absolute Gasteiger partial charge is 0.416 e. The number of hydrogen-bond donors (Lipinski definition) is 1. The van der Waals surface area contributed by atoms with Gasteiger partial charge >= 0.3 is 6.18 Å². The number of halogens is 3. The molecule has 0 aliphatic carbocycles. The monoisotopic (exact) mass is 359 g/mol. The van der Waals surface area contributed by atoms with Crippen LogP contribution in [0.2, 0.25) is 0 Å². The van der Waals surface area contributed by atoms with Gasteiger partial charge in [0.15, 0.2) is 0 Å². The second-order valence-corrected chi connectivity index (χ2v) is 5.69. The molecule has 3 rings (SSSR count). The number of aryl methyl sites for hydroxylation is 1. The fraction of sp³-hybridized carbons (Fsp3) is 0.158. The molecule has 0 spiro atoms. The number of aromatic nitrogens is 2.